The average Bonchev–Trinajstić information content (AvgIpc) is 3.43. The molecule has 2 amide bonds. The summed E-state index contributed by atoms with van der Waals surface area (Å²) in [5.74, 6) is 1.28. The van der Waals surface area contributed by atoms with Crippen molar-refractivity contribution in [2.45, 2.75) is 44.8 Å². The minimum absolute atomic E-state index is 0.146. The van der Waals surface area contributed by atoms with Gasteiger partial charge in [0.2, 0.25) is 5.91 Å². The molecular weight excluding hydrogens is 422 g/mol. The largest absolute Gasteiger partial charge is 0.461 e. The summed E-state index contributed by atoms with van der Waals surface area (Å²) in [4.78, 5) is 25.8. The molecule has 0 unspecified atom stereocenters. The zero-order valence-corrected chi connectivity index (χ0v) is 18.4. The Morgan fingerprint density at radius 1 is 1.43 bits per heavy atom. The monoisotopic (exact) mass is 445 g/mol. The van der Waals surface area contributed by atoms with E-state index in [1.54, 1.807) is 12.3 Å². The van der Waals surface area contributed by atoms with Crippen LogP contribution in [0.4, 0.5) is 5.00 Å². The zero-order valence-electron chi connectivity index (χ0n) is 16.8. The van der Waals surface area contributed by atoms with Gasteiger partial charge in [-0.25, -0.2) is 0 Å². The first-order valence-electron chi connectivity index (χ1n) is 9.82. The number of carbonyl (C=O) groups excluding carboxylic acids is 2. The molecule has 1 atom stereocenters. The number of furan rings is 1. The predicted molar refractivity (Wildman–Crippen MR) is 117 cm³/mol. The maximum atomic E-state index is 12.6. The number of amides is 2. The number of aromatic nitrogens is 3. The Morgan fingerprint density at radius 2 is 2.27 bits per heavy atom. The number of thiophene rings is 1. The Labute approximate surface area is 182 Å². The Bertz CT molecular complexity index is 1070. The highest BCUT2D eigenvalue weighted by Gasteiger charge is 2.27. The van der Waals surface area contributed by atoms with Crippen molar-refractivity contribution >= 4 is 39.9 Å². The molecule has 0 saturated heterocycles. The zero-order chi connectivity index (χ0) is 21.3. The molecule has 1 aliphatic carbocycles. The van der Waals surface area contributed by atoms with Gasteiger partial charge in [0.05, 0.1) is 17.6 Å². The Kier molecular flexibility index (Phi) is 5.96. The summed E-state index contributed by atoms with van der Waals surface area (Å²) in [5.41, 5.74) is 7.10. The van der Waals surface area contributed by atoms with Gasteiger partial charge in [0.15, 0.2) is 16.7 Å². The van der Waals surface area contributed by atoms with Crippen LogP contribution in [0.5, 0.6) is 0 Å². The van der Waals surface area contributed by atoms with Gasteiger partial charge in [0, 0.05) is 11.4 Å². The first-order chi connectivity index (χ1) is 14.5. The van der Waals surface area contributed by atoms with E-state index in [-0.39, 0.29) is 11.7 Å². The van der Waals surface area contributed by atoms with Crippen molar-refractivity contribution in [2.75, 3.05) is 11.1 Å². The molecule has 158 valence electrons. The molecule has 0 radical (unpaired) electrons. The van der Waals surface area contributed by atoms with E-state index in [1.807, 2.05) is 17.6 Å². The van der Waals surface area contributed by atoms with E-state index in [0.717, 1.165) is 29.7 Å². The van der Waals surface area contributed by atoms with Gasteiger partial charge < -0.3 is 15.5 Å². The van der Waals surface area contributed by atoms with E-state index < -0.39 is 5.91 Å². The molecule has 3 N–H and O–H groups in total. The van der Waals surface area contributed by atoms with Gasteiger partial charge >= 0.3 is 0 Å². The van der Waals surface area contributed by atoms with Crippen molar-refractivity contribution in [3.8, 4) is 11.6 Å². The highest BCUT2D eigenvalue weighted by molar-refractivity contribution is 7.99. The molecule has 8 nitrogen and oxygen atoms in total. The molecule has 3 aromatic rings. The van der Waals surface area contributed by atoms with Crippen LogP contribution in [0.1, 0.15) is 41.1 Å². The molecule has 3 aromatic heterocycles. The first kappa shape index (κ1) is 20.7. The maximum absolute atomic E-state index is 12.6. The van der Waals surface area contributed by atoms with Crippen LogP contribution in [0.3, 0.4) is 0 Å². The molecule has 4 rings (SSSR count). The molecule has 0 aromatic carbocycles. The minimum atomic E-state index is -0.487. The van der Waals surface area contributed by atoms with Crippen molar-refractivity contribution in [1.29, 1.82) is 0 Å². The van der Waals surface area contributed by atoms with Crippen LogP contribution in [0.15, 0.2) is 28.0 Å². The van der Waals surface area contributed by atoms with Crippen LogP contribution >= 0.6 is 23.1 Å². The smallest absolute Gasteiger partial charge is 0.251 e. The fourth-order valence-corrected chi connectivity index (χ4v) is 5.90. The summed E-state index contributed by atoms with van der Waals surface area (Å²) in [6.45, 7) is 4.83. The summed E-state index contributed by atoms with van der Waals surface area (Å²) in [6.07, 6.45) is 4.35. The van der Waals surface area contributed by atoms with Crippen LogP contribution < -0.4 is 11.1 Å². The summed E-state index contributed by atoms with van der Waals surface area (Å²) in [6, 6.07) is 3.62. The second-order valence-corrected chi connectivity index (χ2v) is 9.33. The molecule has 1 aliphatic rings. The van der Waals surface area contributed by atoms with Crippen molar-refractivity contribution in [3.05, 3.63) is 34.4 Å². The number of carbonyl (C=O) groups is 2. The average molecular weight is 446 g/mol. The number of anilines is 1. The summed E-state index contributed by atoms with van der Waals surface area (Å²) in [5, 5.41) is 12.5. The normalized spacial score (nSPS) is 15.7. The molecular formula is C20H23N5O3S2. The molecule has 0 aliphatic heterocycles. The summed E-state index contributed by atoms with van der Waals surface area (Å²) < 4.78 is 7.31. The van der Waals surface area contributed by atoms with Crippen molar-refractivity contribution in [3.63, 3.8) is 0 Å². The number of fused-ring (bicyclic) bond motifs is 1. The third-order valence-corrected chi connectivity index (χ3v) is 7.25. The maximum Gasteiger partial charge on any atom is 0.251 e. The van der Waals surface area contributed by atoms with Gasteiger partial charge in [-0.1, -0.05) is 18.7 Å². The quantitative estimate of drug-likeness (QED) is 0.537. The van der Waals surface area contributed by atoms with Gasteiger partial charge in [0.25, 0.3) is 5.91 Å². The number of hydrogen-bond donors (Lipinski definition) is 2. The van der Waals surface area contributed by atoms with Crippen molar-refractivity contribution in [1.82, 2.24) is 14.8 Å². The van der Waals surface area contributed by atoms with Gasteiger partial charge in [-0.3, -0.25) is 14.2 Å². The highest BCUT2D eigenvalue weighted by Crippen LogP contribution is 2.39. The number of nitrogens with two attached hydrogens (primary N) is 1. The number of thioether (sulfide) groups is 1. The fourth-order valence-electron chi connectivity index (χ4n) is 3.66. The van der Waals surface area contributed by atoms with Gasteiger partial charge in [-0.2, -0.15) is 0 Å². The third kappa shape index (κ3) is 4.01. The number of rotatable bonds is 7. The van der Waals surface area contributed by atoms with E-state index in [2.05, 4.69) is 22.4 Å². The molecule has 0 saturated carbocycles. The summed E-state index contributed by atoms with van der Waals surface area (Å²) in [7, 11) is 0. The topological polar surface area (TPSA) is 116 Å². The minimum Gasteiger partial charge on any atom is -0.461 e. The molecule has 30 heavy (non-hydrogen) atoms. The van der Waals surface area contributed by atoms with Crippen LogP contribution in [0.25, 0.3) is 11.6 Å². The van der Waals surface area contributed by atoms with Crippen LogP contribution in [-0.4, -0.2) is 32.3 Å². The van der Waals surface area contributed by atoms with E-state index in [1.165, 1.54) is 23.1 Å². The lowest BCUT2D eigenvalue weighted by molar-refractivity contribution is -0.113. The third-order valence-electron chi connectivity index (χ3n) is 5.12. The lowest BCUT2D eigenvalue weighted by atomic mass is 9.88. The number of hydrogen-bond acceptors (Lipinski definition) is 7. The number of nitrogens with zero attached hydrogens (tertiary/aromatic N) is 3. The lowest BCUT2D eigenvalue weighted by Gasteiger charge is -2.18. The Morgan fingerprint density at radius 3 is 2.97 bits per heavy atom. The van der Waals surface area contributed by atoms with Crippen molar-refractivity contribution < 1.29 is 14.0 Å². The van der Waals surface area contributed by atoms with Gasteiger partial charge in [-0.15, -0.1) is 21.5 Å². The molecule has 0 spiro atoms. The van der Waals surface area contributed by atoms with E-state index in [4.69, 9.17) is 10.2 Å². The molecule has 0 bridgehead atoms. The van der Waals surface area contributed by atoms with E-state index >= 15 is 0 Å². The van der Waals surface area contributed by atoms with Gasteiger partial charge in [-0.05, 0) is 49.8 Å². The van der Waals surface area contributed by atoms with E-state index in [9.17, 15) is 9.59 Å². The molecule has 3 heterocycles. The SMILES string of the molecule is CCn1c(SCC(=O)Nc2sc3c(c2C(N)=O)CC[C@@H](C)C3)nnc1-c1ccco1. The predicted octanol–water partition coefficient (Wildman–Crippen LogP) is 3.57. The second-order valence-electron chi connectivity index (χ2n) is 7.28. The van der Waals surface area contributed by atoms with Crippen LogP contribution in [-0.2, 0) is 24.2 Å². The van der Waals surface area contributed by atoms with Crippen LogP contribution in [0.2, 0.25) is 0 Å². The second kappa shape index (κ2) is 8.65. The summed E-state index contributed by atoms with van der Waals surface area (Å²) >= 11 is 2.76. The fraction of sp³-hybridized carbons (Fsp3) is 0.400. The number of nitrogens with one attached hydrogen (secondary N) is 1. The highest BCUT2D eigenvalue weighted by atomic mass is 32.2. The van der Waals surface area contributed by atoms with Crippen molar-refractivity contribution in [2.24, 2.45) is 11.7 Å². The number of primary amides is 1. The van der Waals surface area contributed by atoms with Crippen LogP contribution in [0, 0.1) is 5.92 Å². The first-order valence-corrected chi connectivity index (χ1v) is 11.6. The molecule has 0 fully saturated rings. The van der Waals surface area contributed by atoms with E-state index in [0.29, 0.717) is 39.8 Å². The van der Waals surface area contributed by atoms with Gasteiger partial charge in [0.1, 0.15) is 5.00 Å². The standard InChI is InChI=1S/C20H23N5O3S2/c1-3-25-18(13-5-4-8-28-13)23-24-20(25)29-10-15(26)22-19-16(17(21)27)12-7-6-11(2)9-14(12)30-19/h4-5,8,11H,3,6-7,9-10H2,1-2H3,(H2,21,27)(H,22,26)/t11-/m1/s1. The Balaban J connectivity index is 1.47. The molecule has 10 heteroatoms. The lowest BCUT2D eigenvalue weighted by Crippen LogP contribution is -2.20. The Hall–Kier alpha value is -2.59.